The second-order valence-electron chi connectivity index (χ2n) is 4.06. The minimum absolute atomic E-state index is 0.168. The average Bonchev–Trinajstić information content (AvgIpc) is 2.89. The van der Waals surface area contributed by atoms with Crippen molar-refractivity contribution in [1.82, 2.24) is 5.32 Å². The quantitative estimate of drug-likeness (QED) is 0.834. The number of hydrogen-bond acceptors (Lipinski definition) is 4. The third-order valence-electron chi connectivity index (χ3n) is 2.69. The minimum Gasteiger partial charge on any atom is -0.497 e. The molecule has 2 N–H and O–H groups in total. The Morgan fingerprint density at radius 1 is 1.32 bits per heavy atom. The molecule has 0 amide bonds. The molecule has 5 heteroatoms. The first-order valence-electron chi connectivity index (χ1n) is 5.83. The van der Waals surface area contributed by atoms with Crippen LogP contribution in [-0.2, 0) is 13.1 Å². The standard InChI is InChI=1S/C14H15NO4/c1-18-12-4-2-10(3-5-12)7-15-8-13-6-11(9-19-13)14(16)17/h2-6,9,15H,7-8H2,1H3,(H,16,17). The normalized spacial score (nSPS) is 10.4. The van der Waals surface area contributed by atoms with Crippen LogP contribution in [0.2, 0.25) is 0 Å². The molecule has 0 radical (unpaired) electrons. The van der Waals surface area contributed by atoms with E-state index in [0.29, 0.717) is 18.8 Å². The summed E-state index contributed by atoms with van der Waals surface area (Å²) in [5.74, 6) is 0.442. The molecule has 0 aliphatic heterocycles. The van der Waals surface area contributed by atoms with Crippen molar-refractivity contribution in [3.63, 3.8) is 0 Å². The highest BCUT2D eigenvalue weighted by atomic mass is 16.5. The van der Waals surface area contributed by atoms with Gasteiger partial charge in [0, 0.05) is 6.54 Å². The lowest BCUT2D eigenvalue weighted by Gasteiger charge is -2.04. The van der Waals surface area contributed by atoms with Crippen LogP contribution in [-0.4, -0.2) is 18.2 Å². The summed E-state index contributed by atoms with van der Waals surface area (Å²) >= 11 is 0. The van der Waals surface area contributed by atoms with Crippen molar-refractivity contribution in [2.24, 2.45) is 0 Å². The van der Waals surface area contributed by atoms with Crippen LogP contribution in [0.25, 0.3) is 0 Å². The second kappa shape index (κ2) is 6.06. The fourth-order valence-corrected chi connectivity index (χ4v) is 1.66. The van der Waals surface area contributed by atoms with Gasteiger partial charge in [0.05, 0.1) is 19.2 Å². The minimum atomic E-state index is -0.981. The number of hydrogen-bond donors (Lipinski definition) is 2. The Balaban J connectivity index is 1.83. The van der Waals surface area contributed by atoms with E-state index in [0.717, 1.165) is 11.3 Å². The SMILES string of the molecule is COc1ccc(CNCc2cc(C(=O)O)co2)cc1. The Hall–Kier alpha value is -2.27. The molecule has 0 unspecified atom stereocenters. The van der Waals surface area contributed by atoms with E-state index in [1.165, 1.54) is 12.3 Å². The molecular weight excluding hydrogens is 246 g/mol. The number of methoxy groups -OCH3 is 1. The number of ether oxygens (including phenoxy) is 1. The predicted octanol–water partition coefficient (Wildman–Crippen LogP) is 2.28. The van der Waals surface area contributed by atoms with Crippen molar-refractivity contribution in [2.45, 2.75) is 13.1 Å². The van der Waals surface area contributed by atoms with Gasteiger partial charge in [-0.25, -0.2) is 4.79 Å². The average molecular weight is 261 g/mol. The lowest BCUT2D eigenvalue weighted by atomic mass is 10.2. The molecule has 1 heterocycles. The van der Waals surface area contributed by atoms with Gasteiger partial charge in [-0.3, -0.25) is 0 Å². The van der Waals surface area contributed by atoms with Crippen LogP contribution in [0.1, 0.15) is 21.7 Å². The van der Waals surface area contributed by atoms with E-state index in [1.807, 2.05) is 24.3 Å². The van der Waals surface area contributed by atoms with E-state index in [2.05, 4.69) is 5.32 Å². The summed E-state index contributed by atoms with van der Waals surface area (Å²) in [6.07, 6.45) is 1.24. The van der Waals surface area contributed by atoms with E-state index < -0.39 is 5.97 Å². The van der Waals surface area contributed by atoms with Gasteiger partial charge in [0.25, 0.3) is 0 Å². The van der Waals surface area contributed by atoms with Crippen LogP contribution in [0.4, 0.5) is 0 Å². The molecule has 2 rings (SSSR count). The molecule has 0 fully saturated rings. The van der Waals surface area contributed by atoms with Gasteiger partial charge < -0.3 is 19.6 Å². The number of rotatable bonds is 6. The maximum Gasteiger partial charge on any atom is 0.338 e. The summed E-state index contributed by atoms with van der Waals surface area (Å²) in [5.41, 5.74) is 1.28. The van der Waals surface area contributed by atoms with Gasteiger partial charge in [0.2, 0.25) is 0 Å². The fourth-order valence-electron chi connectivity index (χ4n) is 1.66. The van der Waals surface area contributed by atoms with Crippen molar-refractivity contribution in [3.8, 4) is 5.75 Å². The molecule has 1 aromatic carbocycles. The van der Waals surface area contributed by atoms with Crippen molar-refractivity contribution in [1.29, 1.82) is 0 Å². The van der Waals surface area contributed by atoms with E-state index in [1.54, 1.807) is 7.11 Å². The molecule has 0 atom stereocenters. The zero-order valence-corrected chi connectivity index (χ0v) is 10.6. The Labute approximate surface area is 110 Å². The van der Waals surface area contributed by atoms with Crippen molar-refractivity contribution >= 4 is 5.97 Å². The summed E-state index contributed by atoms with van der Waals surface area (Å²) in [6.45, 7) is 1.16. The van der Waals surface area contributed by atoms with Crippen molar-refractivity contribution in [3.05, 3.63) is 53.5 Å². The van der Waals surface area contributed by atoms with E-state index in [-0.39, 0.29) is 5.56 Å². The van der Waals surface area contributed by atoms with Crippen LogP contribution in [0.15, 0.2) is 41.0 Å². The number of benzene rings is 1. The zero-order valence-electron chi connectivity index (χ0n) is 10.6. The molecule has 0 spiro atoms. The van der Waals surface area contributed by atoms with E-state index in [9.17, 15) is 4.79 Å². The first-order chi connectivity index (χ1) is 9.19. The number of aromatic carboxylic acids is 1. The largest absolute Gasteiger partial charge is 0.497 e. The Morgan fingerprint density at radius 3 is 2.63 bits per heavy atom. The van der Waals surface area contributed by atoms with Gasteiger partial charge in [0.1, 0.15) is 17.8 Å². The fraction of sp³-hybridized carbons (Fsp3) is 0.214. The number of nitrogens with one attached hydrogen (secondary N) is 1. The number of carbonyl (C=O) groups is 1. The van der Waals surface area contributed by atoms with Crippen LogP contribution in [0.3, 0.4) is 0 Å². The summed E-state index contributed by atoms with van der Waals surface area (Å²) in [7, 11) is 1.63. The molecule has 0 aliphatic carbocycles. The molecule has 1 aromatic heterocycles. The maximum atomic E-state index is 10.7. The zero-order chi connectivity index (χ0) is 13.7. The van der Waals surface area contributed by atoms with Gasteiger partial charge in [-0.05, 0) is 23.8 Å². The Bertz CT molecular complexity index is 545. The molecule has 0 saturated heterocycles. The lowest BCUT2D eigenvalue weighted by Crippen LogP contribution is -2.12. The van der Waals surface area contributed by atoms with Crippen LogP contribution >= 0.6 is 0 Å². The number of carboxylic acid groups (broad SMARTS) is 1. The highest BCUT2D eigenvalue weighted by Crippen LogP contribution is 2.11. The van der Waals surface area contributed by atoms with E-state index >= 15 is 0 Å². The van der Waals surface area contributed by atoms with Gasteiger partial charge in [-0.15, -0.1) is 0 Å². The van der Waals surface area contributed by atoms with Gasteiger partial charge in [0.15, 0.2) is 0 Å². The highest BCUT2D eigenvalue weighted by molar-refractivity contribution is 5.87. The third kappa shape index (κ3) is 3.59. The molecule has 19 heavy (non-hydrogen) atoms. The summed E-state index contributed by atoms with van der Waals surface area (Å²) in [6, 6.07) is 9.25. The molecular formula is C14H15NO4. The van der Waals surface area contributed by atoms with Crippen molar-refractivity contribution in [2.75, 3.05) is 7.11 Å². The predicted molar refractivity (Wildman–Crippen MR) is 69.2 cm³/mol. The highest BCUT2D eigenvalue weighted by Gasteiger charge is 2.07. The van der Waals surface area contributed by atoms with Crippen LogP contribution in [0, 0.1) is 0 Å². The van der Waals surface area contributed by atoms with Gasteiger partial charge in [-0.1, -0.05) is 12.1 Å². The number of furan rings is 1. The molecule has 5 nitrogen and oxygen atoms in total. The molecule has 0 aliphatic rings. The first-order valence-corrected chi connectivity index (χ1v) is 5.83. The Kier molecular flexibility index (Phi) is 4.20. The Morgan fingerprint density at radius 2 is 2.05 bits per heavy atom. The lowest BCUT2D eigenvalue weighted by molar-refractivity contribution is 0.0696. The van der Waals surface area contributed by atoms with Crippen molar-refractivity contribution < 1.29 is 19.1 Å². The molecule has 100 valence electrons. The van der Waals surface area contributed by atoms with Crippen LogP contribution in [0.5, 0.6) is 5.75 Å². The topological polar surface area (TPSA) is 71.7 Å². The van der Waals surface area contributed by atoms with Crippen LogP contribution < -0.4 is 10.1 Å². The third-order valence-corrected chi connectivity index (χ3v) is 2.69. The maximum absolute atomic E-state index is 10.7. The second-order valence-corrected chi connectivity index (χ2v) is 4.06. The smallest absolute Gasteiger partial charge is 0.338 e. The van der Waals surface area contributed by atoms with Gasteiger partial charge in [-0.2, -0.15) is 0 Å². The summed E-state index contributed by atoms with van der Waals surface area (Å²) in [5, 5.41) is 11.9. The molecule has 0 saturated carbocycles. The molecule has 0 bridgehead atoms. The number of carboxylic acids is 1. The first kappa shape index (κ1) is 13.2. The monoisotopic (exact) mass is 261 g/mol. The summed E-state index contributed by atoms with van der Waals surface area (Å²) in [4.78, 5) is 10.7. The molecule has 2 aromatic rings. The van der Waals surface area contributed by atoms with E-state index in [4.69, 9.17) is 14.3 Å². The summed E-state index contributed by atoms with van der Waals surface area (Å²) < 4.78 is 10.2. The van der Waals surface area contributed by atoms with Gasteiger partial charge >= 0.3 is 5.97 Å².